The second-order valence-electron chi connectivity index (χ2n) is 7.89. The summed E-state index contributed by atoms with van der Waals surface area (Å²) >= 11 is 0. The molecule has 1 N–H and O–H groups in total. The predicted molar refractivity (Wildman–Crippen MR) is 126 cm³/mol. The third kappa shape index (κ3) is 6.17. The van der Waals surface area contributed by atoms with Crippen molar-refractivity contribution in [2.45, 2.75) is 26.8 Å². The Morgan fingerprint density at radius 2 is 1.56 bits per heavy atom. The monoisotopic (exact) mass is 454 g/mol. The molecule has 0 unspecified atom stereocenters. The molecular formula is C25H27FN2O3S. The van der Waals surface area contributed by atoms with E-state index in [0.29, 0.717) is 24.2 Å². The number of carbonyl (C=O) groups is 1. The number of carbonyl (C=O) groups excluding carboxylic acids is 1. The van der Waals surface area contributed by atoms with Crippen molar-refractivity contribution < 1.29 is 17.6 Å². The van der Waals surface area contributed by atoms with Crippen LogP contribution in [-0.4, -0.2) is 27.1 Å². The van der Waals surface area contributed by atoms with E-state index >= 15 is 0 Å². The summed E-state index contributed by atoms with van der Waals surface area (Å²) in [5.41, 5.74) is 4.71. The number of anilines is 1. The van der Waals surface area contributed by atoms with Crippen molar-refractivity contribution in [3.8, 4) is 0 Å². The first-order valence-electron chi connectivity index (χ1n) is 10.3. The van der Waals surface area contributed by atoms with Gasteiger partial charge in [0.25, 0.3) is 5.91 Å². The molecule has 3 rings (SSSR count). The Hall–Kier alpha value is -3.19. The van der Waals surface area contributed by atoms with Crippen LogP contribution < -0.4 is 9.62 Å². The van der Waals surface area contributed by atoms with Crippen LogP contribution in [0.4, 0.5) is 10.1 Å². The van der Waals surface area contributed by atoms with Gasteiger partial charge in [0.15, 0.2) is 0 Å². The van der Waals surface area contributed by atoms with Crippen LogP contribution in [0.1, 0.15) is 32.6 Å². The SMILES string of the molecule is Cc1ccc(C)c(N(Cc2ccc(C(=O)NCCc3ccc(F)cc3)cc2)S(C)(=O)=O)c1. The maximum Gasteiger partial charge on any atom is 0.251 e. The summed E-state index contributed by atoms with van der Waals surface area (Å²) in [6.45, 7) is 4.41. The van der Waals surface area contributed by atoms with Crippen molar-refractivity contribution in [1.29, 1.82) is 0 Å². The molecule has 3 aromatic rings. The maximum absolute atomic E-state index is 13.0. The zero-order chi connectivity index (χ0) is 23.3. The summed E-state index contributed by atoms with van der Waals surface area (Å²) < 4.78 is 39.3. The van der Waals surface area contributed by atoms with Gasteiger partial charge in [-0.25, -0.2) is 12.8 Å². The van der Waals surface area contributed by atoms with Gasteiger partial charge >= 0.3 is 0 Å². The van der Waals surface area contributed by atoms with Gasteiger partial charge in [0.1, 0.15) is 5.82 Å². The van der Waals surface area contributed by atoms with Gasteiger partial charge in [-0.05, 0) is 72.9 Å². The highest BCUT2D eigenvalue weighted by molar-refractivity contribution is 7.92. The molecule has 0 bridgehead atoms. The quantitative estimate of drug-likeness (QED) is 0.549. The zero-order valence-electron chi connectivity index (χ0n) is 18.4. The van der Waals surface area contributed by atoms with Gasteiger partial charge in [-0.3, -0.25) is 9.10 Å². The minimum absolute atomic E-state index is 0.176. The third-order valence-corrected chi connectivity index (χ3v) is 6.31. The minimum Gasteiger partial charge on any atom is -0.352 e. The minimum atomic E-state index is -3.49. The Labute approximate surface area is 188 Å². The number of nitrogens with one attached hydrogen (secondary N) is 1. The molecule has 1 amide bonds. The van der Waals surface area contributed by atoms with E-state index < -0.39 is 10.0 Å². The number of benzene rings is 3. The number of hydrogen-bond donors (Lipinski definition) is 1. The van der Waals surface area contributed by atoms with Gasteiger partial charge in [0.05, 0.1) is 18.5 Å². The second-order valence-corrected chi connectivity index (χ2v) is 9.80. The standard InChI is InChI=1S/C25H27FN2O3S/c1-18-4-5-19(2)24(16-18)28(32(3,30)31)17-21-6-10-22(11-7-21)25(29)27-15-14-20-8-12-23(26)13-9-20/h4-13,16H,14-15,17H2,1-3H3,(H,27,29). The first-order valence-corrected chi connectivity index (χ1v) is 12.1. The summed E-state index contributed by atoms with van der Waals surface area (Å²) in [5, 5.41) is 2.85. The second kappa shape index (κ2) is 9.96. The average Bonchev–Trinajstić information content (AvgIpc) is 2.75. The lowest BCUT2D eigenvalue weighted by Crippen LogP contribution is -2.30. The van der Waals surface area contributed by atoms with E-state index in [2.05, 4.69) is 5.32 Å². The first-order chi connectivity index (χ1) is 15.1. The highest BCUT2D eigenvalue weighted by Gasteiger charge is 2.20. The number of hydrogen-bond acceptors (Lipinski definition) is 3. The van der Waals surface area contributed by atoms with Crippen molar-refractivity contribution in [3.05, 3.63) is 100 Å². The van der Waals surface area contributed by atoms with Gasteiger partial charge < -0.3 is 5.32 Å². The number of nitrogens with zero attached hydrogens (tertiary/aromatic N) is 1. The fourth-order valence-corrected chi connectivity index (χ4v) is 4.31. The molecule has 7 heteroatoms. The molecule has 0 radical (unpaired) electrons. The molecule has 0 fully saturated rings. The molecule has 3 aromatic carbocycles. The fraction of sp³-hybridized carbons (Fsp3) is 0.240. The molecule has 5 nitrogen and oxygen atoms in total. The fourth-order valence-electron chi connectivity index (χ4n) is 3.37. The van der Waals surface area contributed by atoms with Crippen LogP contribution in [0, 0.1) is 19.7 Å². The molecule has 0 aromatic heterocycles. The van der Waals surface area contributed by atoms with Crippen LogP contribution in [0.25, 0.3) is 0 Å². The van der Waals surface area contributed by atoms with E-state index in [1.165, 1.54) is 22.7 Å². The van der Waals surface area contributed by atoms with E-state index in [-0.39, 0.29) is 18.3 Å². The molecule has 0 aliphatic heterocycles. The Morgan fingerprint density at radius 1 is 0.938 bits per heavy atom. The lowest BCUT2D eigenvalue weighted by Gasteiger charge is -2.25. The lowest BCUT2D eigenvalue weighted by atomic mass is 10.1. The van der Waals surface area contributed by atoms with Crippen LogP contribution in [-0.2, 0) is 23.0 Å². The molecule has 0 aliphatic rings. The maximum atomic E-state index is 13.0. The summed E-state index contributed by atoms with van der Waals surface area (Å²) in [4.78, 5) is 12.4. The van der Waals surface area contributed by atoms with E-state index in [9.17, 15) is 17.6 Å². The molecule has 0 spiro atoms. The van der Waals surface area contributed by atoms with Crippen LogP contribution in [0.3, 0.4) is 0 Å². The molecular weight excluding hydrogens is 427 g/mol. The van der Waals surface area contributed by atoms with Gasteiger partial charge in [0.2, 0.25) is 10.0 Å². The van der Waals surface area contributed by atoms with Crippen LogP contribution in [0.2, 0.25) is 0 Å². The highest BCUT2D eigenvalue weighted by Crippen LogP contribution is 2.26. The molecule has 0 saturated heterocycles. The topological polar surface area (TPSA) is 66.5 Å². The normalized spacial score (nSPS) is 11.2. The van der Waals surface area contributed by atoms with Gasteiger partial charge in [0, 0.05) is 12.1 Å². The average molecular weight is 455 g/mol. The van der Waals surface area contributed by atoms with Crippen molar-refractivity contribution in [3.63, 3.8) is 0 Å². The highest BCUT2D eigenvalue weighted by atomic mass is 32.2. The summed E-state index contributed by atoms with van der Waals surface area (Å²) in [7, 11) is -3.49. The molecule has 168 valence electrons. The number of rotatable bonds is 8. The van der Waals surface area contributed by atoms with E-state index in [4.69, 9.17) is 0 Å². The molecule has 32 heavy (non-hydrogen) atoms. The Morgan fingerprint density at radius 3 is 2.19 bits per heavy atom. The Kier molecular flexibility index (Phi) is 7.30. The third-order valence-electron chi connectivity index (χ3n) is 5.19. The van der Waals surface area contributed by atoms with Gasteiger partial charge in [-0.1, -0.05) is 36.4 Å². The van der Waals surface area contributed by atoms with Crippen molar-refractivity contribution in [1.82, 2.24) is 5.32 Å². The molecule has 0 atom stereocenters. The van der Waals surface area contributed by atoms with Gasteiger partial charge in [-0.15, -0.1) is 0 Å². The van der Waals surface area contributed by atoms with Crippen LogP contribution >= 0.6 is 0 Å². The predicted octanol–water partition coefficient (Wildman–Crippen LogP) is 4.38. The van der Waals surface area contributed by atoms with E-state index in [1.807, 2.05) is 32.0 Å². The first kappa shape index (κ1) is 23.5. The van der Waals surface area contributed by atoms with Crippen molar-refractivity contribution in [2.75, 3.05) is 17.1 Å². The number of sulfonamides is 1. The summed E-state index contributed by atoms with van der Waals surface area (Å²) in [5.74, 6) is -0.502. The zero-order valence-corrected chi connectivity index (χ0v) is 19.2. The van der Waals surface area contributed by atoms with Crippen LogP contribution in [0.15, 0.2) is 66.7 Å². The Balaban J connectivity index is 1.66. The number of halogens is 1. The smallest absolute Gasteiger partial charge is 0.251 e. The lowest BCUT2D eigenvalue weighted by molar-refractivity contribution is 0.0954. The van der Waals surface area contributed by atoms with Gasteiger partial charge in [-0.2, -0.15) is 0 Å². The summed E-state index contributed by atoms with van der Waals surface area (Å²) in [6.07, 6.45) is 1.79. The van der Waals surface area contributed by atoms with Crippen molar-refractivity contribution >= 4 is 21.6 Å². The van der Waals surface area contributed by atoms with E-state index in [1.54, 1.807) is 36.4 Å². The number of amides is 1. The number of aryl methyl sites for hydroxylation is 2. The molecule has 0 aliphatic carbocycles. The largest absolute Gasteiger partial charge is 0.352 e. The molecule has 0 saturated carbocycles. The molecule has 0 heterocycles. The van der Waals surface area contributed by atoms with E-state index in [0.717, 1.165) is 22.3 Å². The Bertz CT molecular complexity index is 1190. The van der Waals surface area contributed by atoms with Crippen molar-refractivity contribution in [2.24, 2.45) is 0 Å². The van der Waals surface area contributed by atoms with Crippen LogP contribution in [0.5, 0.6) is 0 Å². The summed E-state index contributed by atoms with van der Waals surface area (Å²) in [6, 6.07) is 18.8.